The molecular formula is C18H21BrN2. The van der Waals surface area contributed by atoms with E-state index in [9.17, 15) is 0 Å². The summed E-state index contributed by atoms with van der Waals surface area (Å²) in [4.78, 5) is 4.81. The van der Waals surface area contributed by atoms with Crippen molar-refractivity contribution < 1.29 is 0 Å². The maximum atomic E-state index is 4.81. The van der Waals surface area contributed by atoms with E-state index in [1.165, 1.54) is 27.7 Å². The third kappa shape index (κ3) is 2.38. The van der Waals surface area contributed by atoms with Gasteiger partial charge in [0, 0.05) is 11.1 Å². The van der Waals surface area contributed by atoms with E-state index in [2.05, 4.69) is 79.2 Å². The molecule has 0 aliphatic rings. The lowest BCUT2D eigenvalue weighted by molar-refractivity contribution is 0.404. The molecular weight excluding hydrogens is 324 g/mol. The van der Waals surface area contributed by atoms with E-state index in [-0.39, 0.29) is 5.41 Å². The van der Waals surface area contributed by atoms with E-state index in [4.69, 9.17) is 4.98 Å². The van der Waals surface area contributed by atoms with Crippen LogP contribution in [-0.2, 0) is 6.42 Å². The molecule has 0 amide bonds. The van der Waals surface area contributed by atoms with Gasteiger partial charge in [0.05, 0.1) is 5.69 Å². The molecule has 1 aromatic carbocycles. The lowest BCUT2D eigenvalue weighted by Gasteiger charge is -2.19. The van der Waals surface area contributed by atoms with Crippen LogP contribution >= 0.6 is 15.9 Å². The molecule has 0 bridgehead atoms. The summed E-state index contributed by atoms with van der Waals surface area (Å²) in [6, 6.07) is 8.53. The normalized spacial score (nSPS) is 12.5. The molecule has 0 atom stereocenters. The Labute approximate surface area is 134 Å². The number of benzene rings is 1. The molecule has 3 aromatic rings. The number of hydrogen-bond donors (Lipinski definition) is 0. The lowest BCUT2D eigenvalue weighted by atomic mass is 9.90. The topological polar surface area (TPSA) is 17.3 Å². The molecule has 0 aliphatic carbocycles. The van der Waals surface area contributed by atoms with Crippen LogP contribution in [0.25, 0.3) is 16.4 Å². The van der Waals surface area contributed by atoms with Gasteiger partial charge in [-0.05, 0) is 52.6 Å². The van der Waals surface area contributed by atoms with Crippen LogP contribution in [0.4, 0.5) is 0 Å². The van der Waals surface area contributed by atoms with Gasteiger partial charge in [-0.3, -0.25) is 4.40 Å². The van der Waals surface area contributed by atoms with Crippen molar-refractivity contribution in [2.45, 2.75) is 41.0 Å². The number of hydrogen-bond acceptors (Lipinski definition) is 1. The van der Waals surface area contributed by atoms with E-state index >= 15 is 0 Å². The highest BCUT2D eigenvalue weighted by Gasteiger charge is 2.21. The number of halogens is 1. The van der Waals surface area contributed by atoms with Gasteiger partial charge in [0.15, 0.2) is 0 Å². The highest BCUT2D eigenvalue weighted by Crippen LogP contribution is 2.33. The van der Waals surface area contributed by atoms with Gasteiger partial charge in [-0.25, -0.2) is 4.98 Å². The predicted octanol–water partition coefficient (Wildman–Crippen LogP) is 5.46. The average molecular weight is 345 g/mol. The number of rotatable bonds is 1. The molecule has 0 spiro atoms. The monoisotopic (exact) mass is 344 g/mol. The Morgan fingerprint density at radius 3 is 2.33 bits per heavy atom. The van der Waals surface area contributed by atoms with Crippen LogP contribution in [0.2, 0.25) is 0 Å². The maximum absolute atomic E-state index is 4.81. The third-order valence-electron chi connectivity index (χ3n) is 4.07. The van der Waals surface area contributed by atoms with Crippen LogP contribution < -0.4 is 0 Å². The number of pyridine rings is 1. The van der Waals surface area contributed by atoms with Crippen molar-refractivity contribution in [1.82, 2.24) is 9.38 Å². The van der Waals surface area contributed by atoms with Gasteiger partial charge in [0.2, 0.25) is 0 Å². The minimum absolute atomic E-state index is 0.227. The number of aromatic nitrogens is 2. The van der Waals surface area contributed by atoms with Crippen molar-refractivity contribution in [3.05, 3.63) is 45.8 Å². The highest BCUT2D eigenvalue weighted by atomic mass is 79.9. The molecule has 0 radical (unpaired) electrons. The van der Waals surface area contributed by atoms with Gasteiger partial charge in [0.1, 0.15) is 10.3 Å². The Balaban J connectivity index is 2.45. The van der Waals surface area contributed by atoms with Gasteiger partial charge in [-0.15, -0.1) is 0 Å². The molecule has 2 aromatic heterocycles. The number of imidazole rings is 1. The standard InChI is InChI=1S/C18H21BrN2/c1-11-12(2)21-15(10-18(3,4)5)16(19)20-17(21)14-9-7-6-8-13(11)14/h6-9H,10H2,1-5H3. The van der Waals surface area contributed by atoms with Crippen LogP contribution in [0.1, 0.15) is 37.7 Å². The zero-order valence-electron chi connectivity index (χ0n) is 13.3. The molecule has 0 saturated carbocycles. The molecule has 3 rings (SSSR count). The Morgan fingerprint density at radius 2 is 1.71 bits per heavy atom. The first-order chi connectivity index (χ1) is 9.79. The molecule has 0 fully saturated rings. The predicted molar refractivity (Wildman–Crippen MR) is 93.0 cm³/mol. The summed E-state index contributed by atoms with van der Waals surface area (Å²) < 4.78 is 3.30. The minimum atomic E-state index is 0.227. The molecule has 110 valence electrons. The second kappa shape index (κ2) is 4.84. The van der Waals surface area contributed by atoms with Crippen LogP contribution in [0.5, 0.6) is 0 Å². The fraction of sp³-hybridized carbons (Fsp3) is 0.389. The van der Waals surface area contributed by atoms with Crippen molar-refractivity contribution in [1.29, 1.82) is 0 Å². The molecule has 3 heteroatoms. The number of aryl methyl sites for hydroxylation is 2. The lowest BCUT2D eigenvalue weighted by Crippen LogP contribution is -2.12. The largest absolute Gasteiger partial charge is 0.299 e. The van der Waals surface area contributed by atoms with Gasteiger partial charge in [-0.2, -0.15) is 0 Å². The van der Waals surface area contributed by atoms with Crippen LogP contribution in [0.15, 0.2) is 28.9 Å². The van der Waals surface area contributed by atoms with Crippen LogP contribution in [0.3, 0.4) is 0 Å². The molecule has 0 aliphatic heterocycles. The molecule has 2 nitrogen and oxygen atoms in total. The summed E-state index contributed by atoms with van der Waals surface area (Å²) in [5.74, 6) is 0. The summed E-state index contributed by atoms with van der Waals surface area (Å²) in [5.41, 5.74) is 5.16. The summed E-state index contributed by atoms with van der Waals surface area (Å²) in [7, 11) is 0. The fourth-order valence-corrected chi connectivity index (χ4v) is 3.48. The first kappa shape index (κ1) is 14.6. The zero-order valence-corrected chi connectivity index (χ0v) is 14.9. The van der Waals surface area contributed by atoms with Gasteiger partial charge >= 0.3 is 0 Å². The van der Waals surface area contributed by atoms with Gasteiger partial charge < -0.3 is 0 Å². The molecule has 0 unspecified atom stereocenters. The van der Waals surface area contributed by atoms with Crippen molar-refractivity contribution in [2.75, 3.05) is 0 Å². The first-order valence-corrected chi connectivity index (χ1v) is 8.13. The number of nitrogens with zero attached hydrogens (tertiary/aromatic N) is 2. The van der Waals surface area contributed by atoms with E-state index in [0.29, 0.717) is 0 Å². The van der Waals surface area contributed by atoms with Gasteiger partial charge in [-0.1, -0.05) is 45.0 Å². The van der Waals surface area contributed by atoms with E-state index < -0.39 is 0 Å². The summed E-state index contributed by atoms with van der Waals surface area (Å²) in [6.45, 7) is 11.2. The quantitative estimate of drug-likeness (QED) is 0.573. The minimum Gasteiger partial charge on any atom is -0.299 e. The SMILES string of the molecule is Cc1c(C)n2c(CC(C)(C)C)c(Br)nc2c2ccccc12. The second-order valence-electron chi connectivity index (χ2n) is 7.00. The summed E-state index contributed by atoms with van der Waals surface area (Å²) >= 11 is 3.67. The van der Waals surface area contributed by atoms with Gasteiger partial charge in [0.25, 0.3) is 0 Å². The Kier molecular flexibility index (Phi) is 3.36. The Morgan fingerprint density at radius 1 is 1.10 bits per heavy atom. The van der Waals surface area contributed by atoms with E-state index in [1.54, 1.807) is 0 Å². The van der Waals surface area contributed by atoms with Crippen LogP contribution in [0, 0.1) is 19.3 Å². The van der Waals surface area contributed by atoms with Crippen molar-refractivity contribution >= 4 is 32.3 Å². The molecule has 2 heterocycles. The van der Waals surface area contributed by atoms with Crippen molar-refractivity contribution in [3.63, 3.8) is 0 Å². The first-order valence-electron chi connectivity index (χ1n) is 7.34. The Hall–Kier alpha value is -1.35. The molecule has 0 N–H and O–H groups in total. The second-order valence-corrected chi connectivity index (χ2v) is 7.75. The maximum Gasteiger partial charge on any atom is 0.146 e. The van der Waals surface area contributed by atoms with E-state index in [1.807, 2.05) is 0 Å². The highest BCUT2D eigenvalue weighted by molar-refractivity contribution is 9.10. The Bertz CT molecular complexity index is 838. The zero-order chi connectivity index (χ0) is 15.4. The summed E-state index contributed by atoms with van der Waals surface area (Å²) in [6.07, 6.45) is 0.993. The van der Waals surface area contributed by atoms with Crippen LogP contribution in [-0.4, -0.2) is 9.38 Å². The molecule has 21 heavy (non-hydrogen) atoms. The molecule has 0 saturated heterocycles. The van der Waals surface area contributed by atoms with Crippen molar-refractivity contribution in [3.8, 4) is 0 Å². The van der Waals surface area contributed by atoms with Crippen molar-refractivity contribution in [2.24, 2.45) is 5.41 Å². The fourth-order valence-electron chi connectivity index (χ4n) is 2.99. The average Bonchev–Trinajstić information content (AvgIpc) is 2.72. The summed E-state index contributed by atoms with van der Waals surface area (Å²) in [5, 5.41) is 2.52. The van der Waals surface area contributed by atoms with E-state index in [0.717, 1.165) is 16.7 Å². The smallest absolute Gasteiger partial charge is 0.146 e. The third-order valence-corrected chi connectivity index (χ3v) is 4.71. The number of fused-ring (bicyclic) bond motifs is 3.